The molecule has 4 aromatic carbocycles. The molecule has 0 saturated heterocycles. The molecule has 0 aliphatic carbocycles. The average Bonchev–Trinajstić information content (AvgIpc) is 2.90. The number of nitro benzene ring substituents is 1. The van der Waals surface area contributed by atoms with Crippen molar-refractivity contribution in [2.75, 3.05) is 14.2 Å². The molecule has 0 radical (unpaired) electrons. The third-order valence-electron chi connectivity index (χ3n) is 5.81. The Hall–Kier alpha value is -4.16. The highest BCUT2D eigenvalue weighted by atomic mass is 16.6. The van der Waals surface area contributed by atoms with Gasteiger partial charge in [0.15, 0.2) is 0 Å². The predicted molar refractivity (Wildman–Crippen MR) is 130 cm³/mol. The maximum atomic E-state index is 11.6. The second kappa shape index (κ2) is 10.2. The van der Waals surface area contributed by atoms with E-state index in [1.807, 2.05) is 78.9 Å². The number of methoxy groups -OCH3 is 2. The SMILES string of the molecule is COc1ccc(C(OCc2ccccc2[N+](=O)[O-])(c2ccccc2)c2ccc(OC)cc2)cc1. The van der Waals surface area contributed by atoms with Crippen molar-refractivity contribution in [1.29, 1.82) is 0 Å². The summed E-state index contributed by atoms with van der Waals surface area (Å²) in [6.45, 7) is 0.0319. The average molecular weight is 456 g/mol. The Balaban J connectivity index is 1.91. The van der Waals surface area contributed by atoms with Crippen LogP contribution in [0.4, 0.5) is 5.69 Å². The standard InChI is InChI=1S/C28H25NO5/c1-32-25-16-12-23(13-17-25)28(22-9-4-3-5-10-22,24-14-18-26(33-2)19-15-24)34-20-21-8-6-7-11-27(21)29(30)31/h3-19H,20H2,1-2H3. The van der Waals surface area contributed by atoms with Gasteiger partial charge < -0.3 is 14.2 Å². The highest BCUT2D eigenvalue weighted by Gasteiger charge is 2.38. The molecular formula is C28H25NO5. The van der Waals surface area contributed by atoms with Gasteiger partial charge in [-0.15, -0.1) is 0 Å². The molecule has 172 valence electrons. The second-order valence-corrected chi connectivity index (χ2v) is 7.68. The van der Waals surface area contributed by atoms with E-state index in [0.717, 1.165) is 28.2 Å². The van der Waals surface area contributed by atoms with Crippen LogP contribution in [0.2, 0.25) is 0 Å². The molecule has 0 spiro atoms. The Morgan fingerprint density at radius 1 is 0.676 bits per heavy atom. The number of para-hydroxylation sites is 1. The van der Waals surface area contributed by atoms with Crippen molar-refractivity contribution >= 4 is 5.69 Å². The fraction of sp³-hybridized carbons (Fsp3) is 0.143. The summed E-state index contributed by atoms with van der Waals surface area (Å²) in [5.74, 6) is 1.44. The van der Waals surface area contributed by atoms with Crippen LogP contribution in [0.25, 0.3) is 0 Å². The van der Waals surface area contributed by atoms with Crippen molar-refractivity contribution in [2.45, 2.75) is 12.2 Å². The molecule has 0 unspecified atom stereocenters. The summed E-state index contributed by atoms with van der Waals surface area (Å²) in [6.07, 6.45) is 0. The monoisotopic (exact) mass is 455 g/mol. The van der Waals surface area contributed by atoms with Crippen molar-refractivity contribution in [3.05, 3.63) is 135 Å². The number of hydrogen-bond acceptors (Lipinski definition) is 5. The van der Waals surface area contributed by atoms with E-state index in [9.17, 15) is 10.1 Å². The maximum Gasteiger partial charge on any atom is 0.274 e. The number of ether oxygens (including phenoxy) is 3. The Kier molecular flexibility index (Phi) is 6.90. The first-order valence-corrected chi connectivity index (χ1v) is 10.8. The second-order valence-electron chi connectivity index (χ2n) is 7.68. The Bertz CT molecular complexity index is 1190. The van der Waals surface area contributed by atoms with Gasteiger partial charge in [0, 0.05) is 6.07 Å². The van der Waals surface area contributed by atoms with Crippen LogP contribution in [0.3, 0.4) is 0 Å². The highest BCUT2D eigenvalue weighted by molar-refractivity contribution is 5.50. The first kappa shape index (κ1) is 23.0. The van der Waals surface area contributed by atoms with Crippen molar-refractivity contribution in [1.82, 2.24) is 0 Å². The third-order valence-corrected chi connectivity index (χ3v) is 5.81. The Morgan fingerprint density at radius 3 is 1.65 bits per heavy atom. The largest absolute Gasteiger partial charge is 0.497 e. The molecule has 0 aliphatic heterocycles. The van der Waals surface area contributed by atoms with Crippen LogP contribution in [0.1, 0.15) is 22.3 Å². The third kappa shape index (κ3) is 4.49. The van der Waals surface area contributed by atoms with E-state index in [1.165, 1.54) is 6.07 Å². The molecule has 0 N–H and O–H groups in total. The maximum absolute atomic E-state index is 11.6. The van der Waals surface area contributed by atoms with Crippen molar-refractivity contribution in [3.63, 3.8) is 0 Å². The predicted octanol–water partition coefficient (Wildman–Crippen LogP) is 6.12. The van der Waals surface area contributed by atoms with Gasteiger partial charge in [-0.1, -0.05) is 66.7 Å². The summed E-state index contributed by atoms with van der Waals surface area (Å²) in [5.41, 5.74) is 2.10. The van der Waals surface area contributed by atoms with E-state index >= 15 is 0 Å². The minimum Gasteiger partial charge on any atom is -0.497 e. The number of hydrogen-bond donors (Lipinski definition) is 0. The smallest absolute Gasteiger partial charge is 0.274 e. The van der Waals surface area contributed by atoms with Crippen LogP contribution in [0, 0.1) is 10.1 Å². The zero-order chi connectivity index (χ0) is 24.0. The lowest BCUT2D eigenvalue weighted by Gasteiger charge is -2.36. The molecule has 0 bridgehead atoms. The summed E-state index contributed by atoms with van der Waals surface area (Å²) in [7, 11) is 3.24. The van der Waals surface area contributed by atoms with E-state index in [2.05, 4.69) is 0 Å². The number of nitro groups is 1. The molecule has 0 fully saturated rings. The molecule has 4 aromatic rings. The van der Waals surface area contributed by atoms with Gasteiger partial charge in [-0.2, -0.15) is 0 Å². The quantitative estimate of drug-likeness (QED) is 0.173. The Labute approximate surface area is 198 Å². The van der Waals surface area contributed by atoms with Crippen molar-refractivity contribution in [3.8, 4) is 11.5 Å². The van der Waals surface area contributed by atoms with Crippen LogP contribution in [-0.4, -0.2) is 19.1 Å². The molecule has 0 saturated carbocycles. The van der Waals surface area contributed by atoms with E-state index in [1.54, 1.807) is 32.4 Å². The van der Waals surface area contributed by atoms with Gasteiger partial charge in [0.1, 0.15) is 17.1 Å². The topological polar surface area (TPSA) is 70.8 Å². The van der Waals surface area contributed by atoms with Crippen LogP contribution in [0.5, 0.6) is 11.5 Å². The lowest BCUT2D eigenvalue weighted by molar-refractivity contribution is -0.386. The lowest BCUT2D eigenvalue weighted by Crippen LogP contribution is -2.33. The van der Waals surface area contributed by atoms with E-state index in [0.29, 0.717) is 5.56 Å². The molecule has 6 heteroatoms. The zero-order valence-electron chi connectivity index (χ0n) is 19.0. The molecule has 0 aromatic heterocycles. The first-order chi connectivity index (χ1) is 16.6. The summed E-state index contributed by atoms with van der Waals surface area (Å²) in [5, 5.41) is 11.6. The fourth-order valence-corrected chi connectivity index (χ4v) is 4.07. The van der Waals surface area contributed by atoms with Gasteiger partial charge in [0.25, 0.3) is 5.69 Å². The summed E-state index contributed by atoms with van der Waals surface area (Å²) in [4.78, 5) is 11.2. The first-order valence-electron chi connectivity index (χ1n) is 10.8. The van der Waals surface area contributed by atoms with Gasteiger partial charge in [-0.25, -0.2) is 0 Å². The van der Waals surface area contributed by atoms with E-state index in [-0.39, 0.29) is 17.2 Å². The molecule has 0 heterocycles. The minimum atomic E-state index is -1.04. The summed E-state index contributed by atoms with van der Waals surface area (Å²) < 4.78 is 17.5. The number of rotatable bonds is 9. The molecule has 0 amide bonds. The summed E-state index contributed by atoms with van der Waals surface area (Å²) in [6, 6.07) is 31.8. The van der Waals surface area contributed by atoms with E-state index < -0.39 is 5.60 Å². The van der Waals surface area contributed by atoms with Crippen LogP contribution in [0.15, 0.2) is 103 Å². The van der Waals surface area contributed by atoms with Crippen molar-refractivity contribution < 1.29 is 19.1 Å². The van der Waals surface area contributed by atoms with Gasteiger partial charge >= 0.3 is 0 Å². The van der Waals surface area contributed by atoms with Crippen LogP contribution < -0.4 is 9.47 Å². The lowest BCUT2D eigenvalue weighted by atomic mass is 9.80. The molecular weight excluding hydrogens is 430 g/mol. The highest BCUT2D eigenvalue weighted by Crippen LogP contribution is 2.42. The number of benzene rings is 4. The zero-order valence-corrected chi connectivity index (χ0v) is 19.0. The van der Waals surface area contributed by atoms with E-state index in [4.69, 9.17) is 14.2 Å². The van der Waals surface area contributed by atoms with Gasteiger partial charge in [-0.3, -0.25) is 10.1 Å². The number of nitrogens with zero attached hydrogens (tertiary/aromatic N) is 1. The van der Waals surface area contributed by atoms with Gasteiger partial charge in [0.05, 0.1) is 31.3 Å². The van der Waals surface area contributed by atoms with Crippen LogP contribution >= 0.6 is 0 Å². The molecule has 34 heavy (non-hydrogen) atoms. The van der Waals surface area contributed by atoms with Crippen LogP contribution in [-0.2, 0) is 16.9 Å². The fourth-order valence-electron chi connectivity index (χ4n) is 4.07. The summed E-state index contributed by atoms with van der Waals surface area (Å²) >= 11 is 0. The molecule has 4 rings (SSSR count). The molecule has 6 nitrogen and oxygen atoms in total. The Morgan fingerprint density at radius 2 is 1.15 bits per heavy atom. The molecule has 0 atom stereocenters. The van der Waals surface area contributed by atoms with Crippen molar-refractivity contribution in [2.24, 2.45) is 0 Å². The van der Waals surface area contributed by atoms with Gasteiger partial charge in [-0.05, 0) is 47.0 Å². The molecule has 0 aliphatic rings. The van der Waals surface area contributed by atoms with Gasteiger partial charge in [0.2, 0.25) is 0 Å². The minimum absolute atomic E-state index is 0.0222. The normalized spacial score (nSPS) is 11.1.